The van der Waals surface area contributed by atoms with E-state index in [2.05, 4.69) is 5.32 Å². The SMILES string of the molecule is O=C1C=CN(c2ccc(N3CC(CNC(=O)C(Cl)Cl)OC3=O)cc2)CC1. The number of halogens is 2. The summed E-state index contributed by atoms with van der Waals surface area (Å²) in [6, 6.07) is 7.39. The third kappa shape index (κ3) is 4.28. The van der Waals surface area contributed by atoms with Gasteiger partial charge in [0.2, 0.25) is 0 Å². The lowest BCUT2D eigenvalue weighted by molar-refractivity contribution is -0.119. The summed E-state index contributed by atoms with van der Waals surface area (Å²) in [5.74, 6) is -0.411. The average molecular weight is 398 g/mol. The van der Waals surface area contributed by atoms with E-state index in [1.54, 1.807) is 12.3 Å². The second kappa shape index (κ2) is 7.97. The van der Waals surface area contributed by atoms with E-state index in [4.69, 9.17) is 27.9 Å². The summed E-state index contributed by atoms with van der Waals surface area (Å²) in [6.45, 7) is 1.08. The number of cyclic esters (lactones) is 1. The van der Waals surface area contributed by atoms with Crippen LogP contribution in [-0.4, -0.2) is 48.4 Å². The van der Waals surface area contributed by atoms with Gasteiger partial charge in [-0.2, -0.15) is 0 Å². The first-order valence-corrected chi connectivity index (χ1v) is 8.93. The molecule has 1 atom stereocenters. The molecular weight excluding hydrogens is 381 g/mol. The molecule has 26 heavy (non-hydrogen) atoms. The van der Waals surface area contributed by atoms with E-state index in [1.807, 2.05) is 29.2 Å². The Hall–Kier alpha value is -2.25. The molecular formula is C17H17Cl2N3O4. The predicted octanol–water partition coefficient (Wildman–Crippen LogP) is 2.22. The van der Waals surface area contributed by atoms with Crippen LogP contribution in [0.15, 0.2) is 36.5 Å². The van der Waals surface area contributed by atoms with Gasteiger partial charge >= 0.3 is 6.09 Å². The molecule has 138 valence electrons. The third-order valence-electron chi connectivity index (χ3n) is 4.11. The van der Waals surface area contributed by atoms with Crippen LogP contribution in [0.25, 0.3) is 0 Å². The van der Waals surface area contributed by atoms with Crippen LogP contribution in [0, 0.1) is 0 Å². The molecule has 0 spiro atoms. The number of allylic oxidation sites excluding steroid dienone is 1. The number of hydrogen-bond acceptors (Lipinski definition) is 5. The number of carbonyl (C=O) groups excluding carboxylic acids is 3. The van der Waals surface area contributed by atoms with Crippen LogP contribution < -0.4 is 15.1 Å². The molecule has 1 fully saturated rings. The number of alkyl halides is 2. The van der Waals surface area contributed by atoms with Crippen molar-refractivity contribution in [1.82, 2.24) is 5.32 Å². The van der Waals surface area contributed by atoms with E-state index < -0.39 is 22.9 Å². The fourth-order valence-corrected chi connectivity index (χ4v) is 2.89. The van der Waals surface area contributed by atoms with Crippen LogP contribution in [0.4, 0.5) is 16.2 Å². The standard InChI is InChI=1S/C17H17Cl2N3O4/c18-15(19)16(24)20-9-14-10-22(17(25)26-14)12-3-1-11(2-4-12)21-7-5-13(23)6-8-21/h1-5,7,14-15H,6,8-10H2,(H,20,24). The molecule has 0 aliphatic carbocycles. The highest BCUT2D eigenvalue weighted by Gasteiger charge is 2.32. The molecule has 2 amide bonds. The van der Waals surface area contributed by atoms with Crippen LogP contribution in [0.1, 0.15) is 6.42 Å². The lowest BCUT2D eigenvalue weighted by Crippen LogP contribution is -2.37. The molecule has 1 unspecified atom stereocenters. The van der Waals surface area contributed by atoms with Gasteiger partial charge in [0.25, 0.3) is 5.91 Å². The Kier molecular flexibility index (Phi) is 5.68. The van der Waals surface area contributed by atoms with Crippen molar-refractivity contribution in [1.29, 1.82) is 0 Å². The fourth-order valence-electron chi connectivity index (χ4n) is 2.73. The number of carbonyl (C=O) groups is 3. The van der Waals surface area contributed by atoms with Crippen molar-refractivity contribution in [3.05, 3.63) is 36.5 Å². The number of nitrogens with zero attached hydrogens (tertiary/aromatic N) is 2. The van der Waals surface area contributed by atoms with Crippen LogP contribution in [0.2, 0.25) is 0 Å². The molecule has 2 aliphatic heterocycles. The van der Waals surface area contributed by atoms with Crippen molar-refractivity contribution in [2.24, 2.45) is 0 Å². The van der Waals surface area contributed by atoms with E-state index in [0.717, 1.165) is 5.69 Å². The maximum Gasteiger partial charge on any atom is 0.414 e. The van der Waals surface area contributed by atoms with Gasteiger partial charge < -0.3 is 15.0 Å². The van der Waals surface area contributed by atoms with Crippen molar-refractivity contribution in [3.8, 4) is 0 Å². The normalized spacial score (nSPS) is 19.9. The second-order valence-electron chi connectivity index (χ2n) is 5.90. The zero-order valence-electron chi connectivity index (χ0n) is 13.7. The van der Waals surface area contributed by atoms with E-state index >= 15 is 0 Å². The first-order chi connectivity index (χ1) is 12.4. The molecule has 1 saturated heterocycles. The van der Waals surface area contributed by atoms with Crippen LogP contribution in [-0.2, 0) is 14.3 Å². The van der Waals surface area contributed by atoms with E-state index in [0.29, 0.717) is 25.2 Å². The Morgan fingerprint density at radius 3 is 2.54 bits per heavy atom. The first-order valence-electron chi connectivity index (χ1n) is 8.06. The van der Waals surface area contributed by atoms with Crippen LogP contribution >= 0.6 is 23.2 Å². The zero-order valence-corrected chi connectivity index (χ0v) is 15.2. The third-order valence-corrected chi connectivity index (χ3v) is 4.51. The van der Waals surface area contributed by atoms with E-state index in [9.17, 15) is 14.4 Å². The Morgan fingerprint density at radius 1 is 1.23 bits per heavy atom. The summed E-state index contributed by atoms with van der Waals surface area (Å²) in [5.41, 5.74) is 1.63. The van der Waals surface area contributed by atoms with Gasteiger partial charge in [-0.05, 0) is 30.3 Å². The minimum absolute atomic E-state index is 0.116. The maximum absolute atomic E-state index is 12.1. The molecule has 2 heterocycles. The van der Waals surface area contributed by atoms with Crippen molar-refractivity contribution in [3.63, 3.8) is 0 Å². The molecule has 1 aromatic carbocycles. The van der Waals surface area contributed by atoms with Crippen molar-refractivity contribution >= 4 is 52.4 Å². The Labute approximate surface area is 160 Å². The summed E-state index contributed by atoms with van der Waals surface area (Å²) in [5, 5.41) is 2.52. The first kappa shape index (κ1) is 18.5. The summed E-state index contributed by atoms with van der Waals surface area (Å²) in [4.78, 5) is 37.0. The molecule has 9 heteroatoms. The number of amides is 2. The van der Waals surface area contributed by atoms with Crippen molar-refractivity contribution < 1.29 is 19.1 Å². The average Bonchev–Trinajstić information content (AvgIpc) is 3.01. The lowest BCUT2D eigenvalue weighted by atomic mass is 10.1. The monoisotopic (exact) mass is 397 g/mol. The molecule has 0 bridgehead atoms. The molecule has 1 aromatic rings. The largest absolute Gasteiger partial charge is 0.442 e. The summed E-state index contributed by atoms with van der Waals surface area (Å²) >= 11 is 10.9. The van der Waals surface area contributed by atoms with Gasteiger partial charge in [-0.25, -0.2) is 4.79 Å². The van der Waals surface area contributed by atoms with Crippen molar-refractivity contribution in [2.75, 3.05) is 29.4 Å². The Bertz CT molecular complexity index is 736. The molecule has 7 nitrogen and oxygen atoms in total. The van der Waals surface area contributed by atoms with Gasteiger partial charge in [-0.1, -0.05) is 23.2 Å². The number of nitrogens with one attached hydrogen (secondary N) is 1. The highest BCUT2D eigenvalue weighted by atomic mass is 35.5. The minimum Gasteiger partial charge on any atom is -0.442 e. The van der Waals surface area contributed by atoms with Crippen LogP contribution in [0.3, 0.4) is 0 Å². The minimum atomic E-state index is -1.16. The molecule has 2 aliphatic rings. The second-order valence-corrected chi connectivity index (χ2v) is 7.00. The molecule has 0 aromatic heterocycles. The Morgan fingerprint density at radius 2 is 1.92 bits per heavy atom. The van der Waals surface area contributed by atoms with Crippen molar-refractivity contribution in [2.45, 2.75) is 17.4 Å². The molecule has 0 saturated carbocycles. The zero-order chi connectivity index (χ0) is 18.7. The fraction of sp³-hybridized carbons (Fsp3) is 0.353. The van der Waals surface area contributed by atoms with Gasteiger partial charge in [0.05, 0.1) is 13.1 Å². The van der Waals surface area contributed by atoms with Crippen LogP contribution in [0.5, 0.6) is 0 Å². The van der Waals surface area contributed by atoms with Gasteiger partial charge in [0.15, 0.2) is 10.6 Å². The highest BCUT2D eigenvalue weighted by molar-refractivity contribution is 6.53. The quantitative estimate of drug-likeness (QED) is 0.770. The highest BCUT2D eigenvalue weighted by Crippen LogP contribution is 2.25. The summed E-state index contributed by atoms with van der Waals surface area (Å²) in [7, 11) is 0. The summed E-state index contributed by atoms with van der Waals surface area (Å²) in [6.07, 6.45) is 2.84. The maximum atomic E-state index is 12.1. The van der Waals surface area contributed by atoms with Gasteiger partial charge in [-0.15, -0.1) is 0 Å². The number of rotatable bonds is 5. The molecule has 1 N–H and O–H groups in total. The summed E-state index contributed by atoms with van der Waals surface area (Å²) < 4.78 is 5.24. The number of benzene rings is 1. The van der Waals surface area contributed by atoms with E-state index in [-0.39, 0.29) is 12.3 Å². The number of anilines is 2. The Balaban J connectivity index is 1.60. The van der Waals surface area contributed by atoms with Gasteiger partial charge in [0.1, 0.15) is 6.10 Å². The molecule has 3 rings (SSSR count). The lowest BCUT2D eigenvalue weighted by Gasteiger charge is -2.23. The number of ether oxygens (including phenoxy) is 1. The predicted molar refractivity (Wildman–Crippen MR) is 98.7 cm³/mol. The smallest absolute Gasteiger partial charge is 0.414 e. The van der Waals surface area contributed by atoms with Gasteiger partial charge in [-0.3, -0.25) is 14.5 Å². The number of ketones is 1. The van der Waals surface area contributed by atoms with E-state index in [1.165, 1.54) is 4.90 Å². The number of hydrogen-bond donors (Lipinski definition) is 1. The molecule has 0 radical (unpaired) electrons. The topological polar surface area (TPSA) is 79.0 Å². The van der Waals surface area contributed by atoms with Gasteiger partial charge in [0, 0.05) is 30.5 Å².